The molecular formula is C12H19NO2S. The summed E-state index contributed by atoms with van der Waals surface area (Å²) in [5.41, 5.74) is 0.176. The Labute approximate surface area is 101 Å². The van der Waals surface area contributed by atoms with Gasteiger partial charge in [0.05, 0.1) is 6.26 Å². The zero-order chi connectivity index (χ0) is 12.2. The van der Waals surface area contributed by atoms with Gasteiger partial charge in [0, 0.05) is 11.8 Å². The summed E-state index contributed by atoms with van der Waals surface area (Å²) in [6.07, 6.45) is 3.57. The van der Waals surface area contributed by atoms with E-state index in [0.29, 0.717) is 17.6 Å². The Morgan fingerprint density at radius 3 is 2.69 bits per heavy atom. The van der Waals surface area contributed by atoms with Gasteiger partial charge < -0.3 is 9.73 Å². The molecule has 4 heteroatoms. The molecule has 1 amide bonds. The largest absolute Gasteiger partial charge is 0.459 e. The molecule has 0 bridgehead atoms. The van der Waals surface area contributed by atoms with Crippen molar-refractivity contribution in [3.63, 3.8) is 0 Å². The van der Waals surface area contributed by atoms with Gasteiger partial charge in [0.25, 0.3) is 5.91 Å². The lowest BCUT2D eigenvalue weighted by atomic mass is 9.91. The van der Waals surface area contributed by atoms with Crippen LogP contribution in [0.3, 0.4) is 0 Å². The zero-order valence-corrected chi connectivity index (χ0v) is 11.1. The van der Waals surface area contributed by atoms with E-state index < -0.39 is 0 Å². The fourth-order valence-electron chi connectivity index (χ4n) is 1.42. The van der Waals surface area contributed by atoms with E-state index in [9.17, 15) is 4.79 Å². The van der Waals surface area contributed by atoms with Crippen molar-refractivity contribution < 1.29 is 9.21 Å². The highest BCUT2D eigenvalue weighted by Gasteiger charge is 2.24. The molecule has 0 radical (unpaired) electrons. The lowest BCUT2D eigenvalue weighted by Crippen LogP contribution is -2.37. The van der Waals surface area contributed by atoms with Crippen molar-refractivity contribution in [1.29, 1.82) is 0 Å². The molecule has 1 heterocycles. The summed E-state index contributed by atoms with van der Waals surface area (Å²) in [6.45, 7) is 7.18. The van der Waals surface area contributed by atoms with Crippen LogP contribution in [0.25, 0.3) is 0 Å². The van der Waals surface area contributed by atoms with Gasteiger partial charge in [0.2, 0.25) is 0 Å². The van der Waals surface area contributed by atoms with Crippen molar-refractivity contribution in [2.45, 2.75) is 26.0 Å². The molecule has 1 atom stereocenters. The predicted molar refractivity (Wildman–Crippen MR) is 67.8 cm³/mol. The number of thioether (sulfide) groups is 1. The molecule has 0 unspecified atom stereocenters. The van der Waals surface area contributed by atoms with Gasteiger partial charge in [-0.25, -0.2) is 0 Å². The van der Waals surface area contributed by atoms with Crippen LogP contribution in [-0.4, -0.2) is 24.0 Å². The van der Waals surface area contributed by atoms with Gasteiger partial charge in [-0.05, 0) is 23.8 Å². The van der Waals surface area contributed by atoms with Crippen molar-refractivity contribution >= 4 is 17.7 Å². The van der Waals surface area contributed by atoms with Crippen molar-refractivity contribution in [1.82, 2.24) is 5.32 Å². The molecule has 90 valence electrons. The van der Waals surface area contributed by atoms with E-state index in [1.807, 2.05) is 0 Å². The third-order valence-corrected chi connectivity index (χ3v) is 3.89. The molecule has 1 aromatic heterocycles. The van der Waals surface area contributed by atoms with Gasteiger partial charge >= 0.3 is 0 Å². The van der Waals surface area contributed by atoms with E-state index in [-0.39, 0.29) is 11.3 Å². The topological polar surface area (TPSA) is 42.2 Å². The van der Waals surface area contributed by atoms with E-state index in [1.165, 1.54) is 6.26 Å². The van der Waals surface area contributed by atoms with Gasteiger partial charge in [-0.1, -0.05) is 20.8 Å². The SMILES string of the molecule is CS[C@H](CNC(=O)c1ccco1)C(C)(C)C. The van der Waals surface area contributed by atoms with E-state index >= 15 is 0 Å². The van der Waals surface area contributed by atoms with E-state index in [4.69, 9.17) is 4.42 Å². The summed E-state index contributed by atoms with van der Waals surface area (Å²) in [7, 11) is 0. The number of amides is 1. The minimum Gasteiger partial charge on any atom is -0.459 e. The molecular weight excluding hydrogens is 222 g/mol. The molecule has 1 rings (SSSR count). The first kappa shape index (κ1) is 13.2. The minimum atomic E-state index is -0.145. The van der Waals surface area contributed by atoms with E-state index in [1.54, 1.807) is 23.9 Å². The molecule has 16 heavy (non-hydrogen) atoms. The van der Waals surface area contributed by atoms with Crippen LogP contribution in [0.1, 0.15) is 31.3 Å². The first-order chi connectivity index (χ1) is 7.45. The van der Waals surface area contributed by atoms with Crippen molar-refractivity contribution in [3.8, 4) is 0 Å². The molecule has 3 nitrogen and oxygen atoms in total. The highest BCUT2D eigenvalue weighted by Crippen LogP contribution is 2.28. The number of carbonyl (C=O) groups is 1. The molecule has 0 aliphatic rings. The van der Waals surface area contributed by atoms with Crippen LogP contribution in [0.4, 0.5) is 0 Å². The summed E-state index contributed by atoms with van der Waals surface area (Å²) in [5.74, 6) is 0.224. The zero-order valence-electron chi connectivity index (χ0n) is 10.2. The molecule has 1 N–H and O–H groups in total. The number of rotatable bonds is 4. The maximum atomic E-state index is 11.6. The van der Waals surface area contributed by atoms with Gasteiger partial charge in [-0.2, -0.15) is 11.8 Å². The van der Waals surface area contributed by atoms with Crippen molar-refractivity contribution in [2.24, 2.45) is 5.41 Å². The summed E-state index contributed by atoms with van der Waals surface area (Å²) >= 11 is 1.77. The summed E-state index contributed by atoms with van der Waals surface area (Å²) in [6, 6.07) is 3.38. The molecule has 0 saturated carbocycles. The second kappa shape index (κ2) is 5.43. The molecule has 0 fully saturated rings. The van der Waals surface area contributed by atoms with Crippen molar-refractivity contribution in [3.05, 3.63) is 24.2 Å². The van der Waals surface area contributed by atoms with Crippen LogP contribution in [0, 0.1) is 5.41 Å². The normalized spacial score (nSPS) is 13.5. The van der Waals surface area contributed by atoms with Gasteiger partial charge in [-0.15, -0.1) is 0 Å². The van der Waals surface area contributed by atoms with Crippen LogP contribution >= 0.6 is 11.8 Å². The Bertz CT molecular complexity index is 327. The molecule has 1 aromatic rings. The Balaban J connectivity index is 2.48. The second-order valence-corrected chi connectivity index (χ2v) is 5.82. The monoisotopic (exact) mass is 241 g/mol. The molecule has 0 saturated heterocycles. The first-order valence-corrected chi connectivity index (χ1v) is 6.58. The maximum Gasteiger partial charge on any atom is 0.287 e. The number of nitrogens with one attached hydrogen (secondary N) is 1. The summed E-state index contributed by atoms with van der Waals surface area (Å²) in [4.78, 5) is 11.6. The molecule has 0 spiro atoms. The van der Waals surface area contributed by atoms with Gasteiger partial charge in [0.1, 0.15) is 0 Å². The average Bonchev–Trinajstić information content (AvgIpc) is 2.68. The number of hydrogen-bond donors (Lipinski definition) is 1. The Morgan fingerprint density at radius 2 is 2.25 bits per heavy atom. The fourth-order valence-corrected chi connectivity index (χ4v) is 2.38. The van der Waals surface area contributed by atoms with Gasteiger partial charge in [0.15, 0.2) is 5.76 Å². The minimum absolute atomic E-state index is 0.145. The maximum absolute atomic E-state index is 11.6. The average molecular weight is 241 g/mol. The lowest BCUT2D eigenvalue weighted by molar-refractivity contribution is 0.0923. The Morgan fingerprint density at radius 1 is 1.56 bits per heavy atom. The smallest absolute Gasteiger partial charge is 0.287 e. The van der Waals surface area contributed by atoms with Crippen LogP contribution in [0.2, 0.25) is 0 Å². The third kappa shape index (κ3) is 3.59. The standard InChI is InChI=1S/C12H19NO2S/c1-12(2,3)10(16-4)8-13-11(14)9-6-5-7-15-9/h5-7,10H,8H2,1-4H3,(H,13,14)/t10-/m1/s1. The third-order valence-electron chi connectivity index (χ3n) is 2.44. The Hall–Kier alpha value is -0.900. The predicted octanol–water partition coefficient (Wildman–Crippen LogP) is 2.79. The number of carbonyl (C=O) groups excluding carboxylic acids is 1. The van der Waals surface area contributed by atoms with Gasteiger partial charge in [-0.3, -0.25) is 4.79 Å². The summed E-state index contributed by atoms with van der Waals surface area (Å²) in [5, 5.41) is 3.28. The number of furan rings is 1. The van der Waals surface area contributed by atoms with Crippen LogP contribution in [0.5, 0.6) is 0 Å². The van der Waals surface area contributed by atoms with Crippen LogP contribution < -0.4 is 5.32 Å². The first-order valence-electron chi connectivity index (χ1n) is 5.29. The number of hydrogen-bond acceptors (Lipinski definition) is 3. The van der Waals surface area contributed by atoms with Crippen molar-refractivity contribution in [2.75, 3.05) is 12.8 Å². The highest BCUT2D eigenvalue weighted by atomic mass is 32.2. The van der Waals surface area contributed by atoms with Crippen LogP contribution in [0.15, 0.2) is 22.8 Å². The highest BCUT2D eigenvalue weighted by molar-refractivity contribution is 7.99. The van der Waals surface area contributed by atoms with E-state index in [2.05, 4.69) is 32.3 Å². The molecule has 0 aliphatic carbocycles. The summed E-state index contributed by atoms with van der Waals surface area (Å²) < 4.78 is 5.03. The van der Waals surface area contributed by atoms with Crippen LogP contribution in [-0.2, 0) is 0 Å². The quantitative estimate of drug-likeness (QED) is 0.881. The molecule has 0 aromatic carbocycles. The second-order valence-electron chi connectivity index (χ2n) is 4.78. The molecule has 0 aliphatic heterocycles. The Kier molecular flexibility index (Phi) is 4.47. The fraction of sp³-hybridized carbons (Fsp3) is 0.583. The lowest BCUT2D eigenvalue weighted by Gasteiger charge is -2.29. The van der Waals surface area contributed by atoms with E-state index in [0.717, 1.165) is 0 Å².